The number of hydrogen-bond donors (Lipinski definition) is 1. The van der Waals surface area contributed by atoms with Crippen LogP contribution < -0.4 is 10.1 Å². The molecule has 0 spiro atoms. The van der Waals surface area contributed by atoms with Crippen molar-refractivity contribution >= 4 is 21.9 Å². The van der Waals surface area contributed by atoms with Crippen molar-refractivity contribution in [1.82, 2.24) is 5.32 Å². The van der Waals surface area contributed by atoms with Gasteiger partial charge in [-0.15, -0.1) is 0 Å². The van der Waals surface area contributed by atoms with E-state index in [1.165, 1.54) is 0 Å². The van der Waals surface area contributed by atoms with Crippen LogP contribution in [0, 0.1) is 6.92 Å². The second-order valence-corrected chi connectivity index (χ2v) is 6.17. The monoisotopic (exact) mass is 357 g/mol. The number of halogens is 1. The molecule has 0 saturated carbocycles. The Morgan fingerprint density at radius 3 is 2.57 bits per heavy atom. The molecule has 1 aromatic carbocycles. The van der Waals surface area contributed by atoms with Crippen LogP contribution in [-0.4, -0.2) is 24.7 Å². The molecule has 0 heterocycles. The Balaban J connectivity index is 2.95. The van der Waals surface area contributed by atoms with Gasteiger partial charge in [-0.3, -0.25) is 0 Å². The summed E-state index contributed by atoms with van der Waals surface area (Å²) in [5, 5.41) is 3.37. The van der Waals surface area contributed by atoms with Crippen molar-refractivity contribution in [2.24, 2.45) is 0 Å². The lowest BCUT2D eigenvalue weighted by Crippen LogP contribution is -2.28. The van der Waals surface area contributed by atoms with Gasteiger partial charge in [-0.2, -0.15) is 0 Å². The molecule has 0 radical (unpaired) electrons. The summed E-state index contributed by atoms with van der Waals surface area (Å²) in [5.41, 5.74) is 2.01. The largest absolute Gasteiger partial charge is 0.478 e. The Kier molecular flexibility index (Phi) is 7.18. The van der Waals surface area contributed by atoms with Crippen LogP contribution in [0.15, 0.2) is 16.6 Å². The van der Waals surface area contributed by atoms with E-state index in [0.29, 0.717) is 19.2 Å². The van der Waals surface area contributed by atoms with Crippen molar-refractivity contribution in [3.05, 3.63) is 27.7 Å². The van der Waals surface area contributed by atoms with Crippen LogP contribution in [0.5, 0.6) is 5.75 Å². The molecule has 0 aliphatic rings. The first-order chi connectivity index (χ1) is 9.85. The fourth-order valence-corrected chi connectivity index (χ4v) is 2.52. The zero-order chi connectivity index (χ0) is 16.0. The number of rotatable bonds is 7. The predicted molar refractivity (Wildman–Crippen MR) is 87.6 cm³/mol. The Hall–Kier alpha value is -1.07. The molecule has 1 atom stereocenters. The molecule has 21 heavy (non-hydrogen) atoms. The van der Waals surface area contributed by atoms with Crippen molar-refractivity contribution in [2.45, 2.75) is 53.3 Å². The van der Waals surface area contributed by atoms with E-state index in [1.54, 1.807) is 13.8 Å². The highest BCUT2D eigenvalue weighted by Crippen LogP contribution is 2.29. The van der Waals surface area contributed by atoms with E-state index in [4.69, 9.17) is 9.47 Å². The number of carbonyl (C=O) groups is 1. The molecule has 5 heteroatoms. The van der Waals surface area contributed by atoms with Crippen LogP contribution in [0.4, 0.5) is 0 Å². The molecule has 0 amide bonds. The van der Waals surface area contributed by atoms with Gasteiger partial charge in [0.05, 0.1) is 6.61 Å². The quantitative estimate of drug-likeness (QED) is 0.757. The number of nitrogens with one attached hydrogen (secondary N) is 1. The van der Waals surface area contributed by atoms with Crippen LogP contribution >= 0.6 is 15.9 Å². The van der Waals surface area contributed by atoms with Crippen molar-refractivity contribution < 1.29 is 14.3 Å². The van der Waals surface area contributed by atoms with E-state index >= 15 is 0 Å². The van der Waals surface area contributed by atoms with Gasteiger partial charge in [-0.1, -0.05) is 29.8 Å². The van der Waals surface area contributed by atoms with Gasteiger partial charge in [-0.25, -0.2) is 4.79 Å². The summed E-state index contributed by atoms with van der Waals surface area (Å²) in [6.07, 6.45) is -0.623. The predicted octanol–water partition coefficient (Wildman–Crippen LogP) is 3.59. The Labute approximate surface area is 135 Å². The van der Waals surface area contributed by atoms with Gasteiger partial charge >= 0.3 is 5.97 Å². The van der Waals surface area contributed by atoms with Crippen molar-refractivity contribution in [3.63, 3.8) is 0 Å². The van der Waals surface area contributed by atoms with Gasteiger partial charge in [-0.05, 0) is 38.5 Å². The maximum absolute atomic E-state index is 11.7. The fraction of sp³-hybridized carbons (Fsp3) is 0.562. The summed E-state index contributed by atoms with van der Waals surface area (Å²) in [6.45, 7) is 10.7. The molecular weight excluding hydrogens is 334 g/mol. The van der Waals surface area contributed by atoms with Crippen LogP contribution in [0.1, 0.15) is 38.8 Å². The highest BCUT2D eigenvalue weighted by atomic mass is 79.9. The lowest BCUT2D eigenvalue weighted by molar-refractivity contribution is -0.150. The highest BCUT2D eigenvalue weighted by molar-refractivity contribution is 9.10. The Morgan fingerprint density at radius 1 is 1.33 bits per heavy atom. The van der Waals surface area contributed by atoms with Gasteiger partial charge in [0.25, 0.3) is 0 Å². The molecule has 0 fully saturated rings. The summed E-state index contributed by atoms with van der Waals surface area (Å²) in [7, 11) is 0. The average Bonchev–Trinajstić information content (AvgIpc) is 2.39. The maximum Gasteiger partial charge on any atom is 0.347 e. The van der Waals surface area contributed by atoms with Gasteiger partial charge in [0.1, 0.15) is 5.75 Å². The molecule has 1 aromatic rings. The third-order valence-electron chi connectivity index (χ3n) is 2.93. The number of carbonyl (C=O) groups excluding carboxylic acids is 1. The molecule has 0 aliphatic heterocycles. The zero-order valence-corrected chi connectivity index (χ0v) is 14.9. The minimum atomic E-state index is -0.623. The fourth-order valence-electron chi connectivity index (χ4n) is 1.90. The first-order valence-corrected chi connectivity index (χ1v) is 8.00. The van der Waals surface area contributed by atoms with Gasteiger partial charge < -0.3 is 14.8 Å². The second-order valence-electron chi connectivity index (χ2n) is 5.26. The summed E-state index contributed by atoms with van der Waals surface area (Å²) in [4.78, 5) is 11.7. The lowest BCUT2D eigenvalue weighted by atomic mass is 10.1. The normalized spacial score (nSPS) is 12.3. The van der Waals surface area contributed by atoms with Crippen LogP contribution in [-0.2, 0) is 16.1 Å². The van der Waals surface area contributed by atoms with Crippen LogP contribution in [0.25, 0.3) is 0 Å². The second kappa shape index (κ2) is 8.39. The molecule has 0 aliphatic carbocycles. The zero-order valence-electron chi connectivity index (χ0n) is 13.3. The molecule has 1 rings (SSSR count). The van der Waals surface area contributed by atoms with Crippen molar-refractivity contribution in [3.8, 4) is 5.75 Å². The molecule has 4 nitrogen and oxygen atoms in total. The molecule has 0 saturated heterocycles. The molecule has 118 valence electrons. The average molecular weight is 358 g/mol. The summed E-state index contributed by atoms with van der Waals surface area (Å²) in [5.74, 6) is 0.398. The maximum atomic E-state index is 11.7. The van der Waals surface area contributed by atoms with E-state index in [1.807, 2.05) is 19.1 Å². The van der Waals surface area contributed by atoms with Crippen LogP contribution in [0.3, 0.4) is 0 Å². The number of benzene rings is 1. The van der Waals surface area contributed by atoms with Crippen molar-refractivity contribution in [1.29, 1.82) is 0 Å². The summed E-state index contributed by atoms with van der Waals surface area (Å²) in [6, 6.07) is 4.36. The topological polar surface area (TPSA) is 47.6 Å². The number of hydrogen-bond acceptors (Lipinski definition) is 4. The minimum Gasteiger partial charge on any atom is -0.478 e. The Morgan fingerprint density at radius 2 is 2.00 bits per heavy atom. The lowest BCUT2D eigenvalue weighted by Gasteiger charge is -2.20. The Bertz CT molecular complexity index is 489. The molecule has 0 aromatic heterocycles. The van der Waals surface area contributed by atoms with E-state index in [9.17, 15) is 4.79 Å². The molecule has 0 bridgehead atoms. The summed E-state index contributed by atoms with van der Waals surface area (Å²) >= 11 is 3.50. The van der Waals surface area contributed by atoms with Crippen LogP contribution in [0.2, 0.25) is 0 Å². The number of ether oxygens (including phenoxy) is 2. The van der Waals surface area contributed by atoms with Gasteiger partial charge in [0.15, 0.2) is 6.10 Å². The molecule has 1 unspecified atom stereocenters. The SMILES string of the molecule is CCOC(=O)C(C)Oc1c(C)cc(Br)cc1CNC(C)C. The number of esters is 1. The van der Waals surface area contributed by atoms with Gasteiger partial charge in [0, 0.05) is 22.6 Å². The third-order valence-corrected chi connectivity index (χ3v) is 3.39. The van der Waals surface area contributed by atoms with E-state index < -0.39 is 6.10 Å². The van der Waals surface area contributed by atoms with Crippen molar-refractivity contribution in [2.75, 3.05) is 6.61 Å². The third kappa shape index (κ3) is 5.67. The first-order valence-electron chi connectivity index (χ1n) is 7.20. The minimum absolute atomic E-state index is 0.345. The van der Waals surface area contributed by atoms with E-state index in [0.717, 1.165) is 21.3 Å². The first kappa shape index (κ1) is 18.0. The standard InChI is InChI=1S/C16H24BrNO3/c1-6-20-16(19)12(5)21-15-11(4)7-14(17)8-13(15)9-18-10(2)3/h7-8,10,12,18H,6,9H2,1-5H3. The van der Waals surface area contributed by atoms with Gasteiger partial charge in [0.2, 0.25) is 0 Å². The highest BCUT2D eigenvalue weighted by Gasteiger charge is 2.19. The summed E-state index contributed by atoms with van der Waals surface area (Å²) < 4.78 is 11.8. The number of aryl methyl sites for hydroxylation is 1. The molecular formula is C16H24BrNO3. The smallest absolute Gasteiger partial charge is 0.347 e. The van der Waals surface area contributed by atoms with E-state index in [-0.39, 0.29) is 5.97 Å². The van der Waals surface area contributed by atoms with E-state index in [2.05, 4.69) is 35.1 Å². The molecule has 1 N–H and O–H groups in total.